The average Bonchev–Trinajstić information content (AvgIpc) is 3.14. The number of carbonyl (C=O) groups is 1. The molecule has 0 aliphatic carbocycles. The number of ether oxygens (including phenoxy) is 1. The predicted octanol–water partition coefficient (Wildman–Crippen LogP) is 3.92. The highest BCUT2D eigenvalue weighted by Crippen LogP contribution is 2.26. The van der Waals surface area contributed by atoms with Crippen molar-refractivity contribution in [3.8, 4) is 11.4 Å². The van der Waals surface area contributed by atoms with Crippen LogP contribution >= 0.6 is 0 Å². The van der Waals surface area contributed by atoms with Gasteiger partial charge in [0.05, 0.1) is 18.0 Å². The van der Waals surface area contributed by atoms with Crippen molar-refractivity contribution in [3.63, 3.8) is 0 Å². The van der Waals surface area contributed by atoms with E-state index in [4.69, 9.17) is 4.74 Å². The molecule has 0 radical (unpaired) electrons. The van der Waals surface area contributed by atoms with Crippen LogP contribution in [-0.4, -0.2) is 38.1 Å². The molecule has 3 heterocycles. The summed E-state index contributed by atoms with van der Waals surface area (Å²) in [5.74, 6) is -0.566. The minimum atomic E-state index is -0.991. The number of aromatic amines is 1. The number of aromatic carboxylic acids is 1. The van der Waals surface area contributed by atoms with Crippen molar-refractivity contribution in [1.82, 2.24) is 19.9 Å². The summed E-state index contributed by atoms with van der Waals surface area (Å²) in [6, 6.07) is 11.0. The first kappa shape index (κ1) is 18.6. The Morgan fingerprint density at radius 1 is 1.14 bits per heavy atom. The summed E-state index contributed by atoms with van der Waals surface area (Å²) >= 11 is 0. The molecule has 29 heavy (non-hydrogen) atoms. The summed E-state index contributed by atoms with van der Waals surface area (Å²) in [5.41, 5.74) is 5.06. The maximum Gasteiger partial charge on any atom is 0.352 e. The molecule has 1 aromatic carbocycles. The number of nitrogens with zero attached hydrogens (tertiary/aromatic N) is 3. The maximum absolute atomic E-state index is 11.2. The van der Waals surface area contributed by atoms with E-state index in [-0.39, 0.29) is 5.69 Å². The summed E-state index contributed by atoms with van der Waals surface area (Å²) in [6.45, 7) is 2.41. The number of nitrogens with one attached hydrogen (secondary N) is 2. The smallest absolute Gasteiger partial charge is 0.352 e. The largest absolute Gasteiger partial charge is 0.477 e. The van der Waals surface area contributed by atoms with Crippen molar-refractivity contribution in [1.29, 1.82) is 0 Å². The van der Waals surface area contributed by atoms with E-state index in [0.717, 1.165) is 33.4 Å². The lowest BCUT2D eigenvalue weighted by Crippen LogP contribution is -1.99. The van der Waals surface area contributed by atoms with Crippen LogP contribution in [0.1, 0.15) is 21.6 Å². The molecule has 0 saturated heterocycles. The van der Waals surface area contributed by atoms with E-state index in [9.17, 15) is 9.90 Å². The summed E-state index contributed by atoms with van der Waals surface area (Å²) < 4.78 is 5.17. The third kappa shape index (κ3) is 3.92. The number of carboxylic acid groups (broad SMARTS) is 1. The van der Waals surface area contributed by atoms with Crippen molar-refractivity contribution in [3.05, 3.63) is 65.6 Å². The van der Waals surface area contributed by atoms with E-state index in [1.165, 1.54) is 0 Å². The molecule has 0 amide bonds. The van der Waals surface area contributed by atoms with Crippen molar-refractivity contribution >= 4 is 28.5 Å². The summed E-state index contributed by atoms with van der Waals surface area (Å²) in [7, 11) is 1.65. The minimum Gasteiger partial charge on any atom is -0.477 e. The molecule has 146 valence electrons. The number of aromatic nitrogens is 4. The molecule has 0 bridgehead atoms. The fourth-order valence-electron chi connectivity index (χ4n) is 3.17. The first-order valence-corrected chi connectivity index (χ1v) is 8.94. The van der Waals surface area contributed by atoms with Crippen LogP contribution in [0, 0.1) is 6.92 Å². The molecule has 0 atom stereocenters. The van der Waals surface area contributed by atoms with Gasteiger partial charge >= 0.3 is 5.97 Å². The molecule has 0 saturated carbocycles. The highest BCUT2D eigenvalue weighted by atomic mass is 16.5. The molecule has 3 N–H and O–H groups in total. The zero-order valence-corrected chi connectivity index (χ0v) is 15.9. The van der Waals surface area contributed by atoms with E-state index in [0.29, 0.717) is 18.2 Å². The zero-order valence-electron chi connectivity index (χ0n) is 15.9. The lowest BCUT2D eigenvalue weighted by molar-refractivity contribution is 0.0691. The van der Waals surface area contributed by atoms with E-state index >= 15 is 0 Å². The second-order valence-corrected chi connectivity index (χ2v) is 6.62. The fourth-order valence-corrected chi connectivity index (χ4v) is 3.17. The van der Waals surface area contributed by atoms with Gasteiger partial charge < -0.3 is 20.1 Å². The van der Waals surface area contributed by atoms with Gasteiger partial charge in [0.2, 0.25) is 5.95 Å². The van der Waals surface area contributed by atoms with Gasteiger partial charge in [0.25, 0.3) is 0 Å². The number of methoxy groups -OCH3 is 1. The topological polar surface area (TPSA) is 113 Å². The van der Waals surface area contributed by atoms with Crippen LogP contribution in [0.15, 0.2) is 48.8 Å². The van der Waals surface area contributed by atoms with Crippen molar-refractivity contribution in [2.24, 2.45) is 0 Å². The Bertz CT molecular complexity index is 1200. The van der Waals surface area contributed by atoms with Crippen LogP contribution < -0.4 is 5.32 Å². The number of pyridine rings is 1. The van der Waals surface area contributed by atoms with Crippen molar-refractivity contribution in [2.75, 3.05) is 12.4 Å². The van der Waals surface area contributed by atoms with E-state index in [1.807, 2.05) is 31.2 Å². The summed E-state index contributed by atoms with van der Waals surface area (Å²) in [6.07, 6.45) is 3.39. The number of anilines is 2. The average molecular weight is 389 g/mol. The molecule has 3 aromatic heterocycles. The lowest BCUT2D eigenvalue weighted by atomic mass is 10.1. The van der Waals surface area contributed by atoms with E-state index in [1.54, 1.807) is 31.6 Å². The molecular formula is C21H19N5O3. The zero-order chi connectivity index (χ0) is 20.4. The van der Waals surface area contributed by atoms with Crippen LogP contribution in [-0.2, 0) is 11.3 Å². The van der Waals surface area contributed by atoms with Crippen LogP contribution in [0.4, 0.5) is 11.6 Å². The van der Waals surface area contributed by atoms with E-state index < -0.39 is 5.97 Å². The van der Waals surface area contributed by atoms with Gasteiger partial charge in [-0.15, -0.1) is 0 Å². The fraction of sp³-hybridized carbons (Fsp3) is 0.143. The predicted molar refractivity (Wildman–Crippen MR) is 109 cm³/mol. The van der Waals surface area contributed by atoms with Crippen LogP contribution in [0.25, 0.3) is 22.3 Å². The SMILES string of the molecule is COCc1ccnc(-c2ccnc(Nc3cc(C)c4[nH]c(C(=O)O)cc4c3)n2)c1. The van der Waals surface area contributed by atoms with Gasteiger partial charge in [0.1, 0.15) is 5.69 Å². The molecule has 0 unspecified atom stereocenters. The molecule has 0 aliphatic rings. The number of benzene rings is 1. The number of aryl methyl sites for hydroxylation is 1. The first-order valence-electron chi connectivity index (χ1n) is 8.94. The minimum absolute atomic E-state index is 0.153. The molecule has 0 spiro atoms. The highest BCUT2D eigenvalue weighted by Gasteiger charge is 2.11. The van der Waals surface area contributed by atoms with Gasteiger partial charge in [-0.05, 0) is 54.4 Å². The molecule has 8 heteroatoms. The third-order valence-corrected chi connectivity index (χ3v) is 4.47. The van der Waals surface area contributed by atoms with Crippen LogP contribution in [0.2, 0.25) is 0 Å². The Morgan fingerprint density at radius 3 is 2.76 bits per heavy atom. The second kappa shape index (κ2) is 7.69. The summed E-state index contributed by atoms with van der Waals surface area (Å²) in [4.78, 5) is 27.4. The van der Waals surface area contributed by atoms with Gasteiger partial charge in [-0.2, -0.15) is 0 Å². The standard InChI is InChI=1S/C21H19N5O3/c1-12-7-15(9-14-10-18(20(27)28)25-19(12)14)24-21-23-6-4-16(26-21)17-8-13(11-29-2)3-5-22-17/h3-10,25H,11H2,1-2H3,(H,27,28)(H,23,24,26). The Kier molecular flexibility index (Phi) is 4.92. The first-order chi connectivity index (χ1) is 14.0. The number of rotatable bonds is 6. The highest BCUT2D eigenvalue weighted by molar-refractivity contribution is 5.96. The second-order valence-electron chi connectivity index (χ2n) is 6.62. The lowest BCUT2D eigenvalue weighted by Gasteiger charge is -2.08. The van der Waals surface area contributed by atoms with Gasteiger partial charge in [-0.25, -0.2) is 14.8 Å². The Balaban J connectivity index is 1.64. The van der Waals surface area contributed by atoms with Gasteiger partial charge in [0, 0.05) is 36.1 Å². The third-order valence-electron chi connectivity index (χ3n) is 4.47. The van der Waals surface area contributed by atoms with Crippen LogP contribution in [0.5, 0.6) is 0 Å². The number of fused-ring (bicyclic) bond motifs is 1. The molecule has 0 fully saturated rings. The Hall–Kier alpha value is -3.78. The molecule has 8 nitrogen and oxygen atoms in total. The van der Waals surface area contributed by atoms with Gasteiger partial charge in [0.15, 0.2) is 0 Å². The number of H-pyrrole nitrogens is 1. The Morgan fingerprint density at radius 2 is 1.97 bits per heavy atom. The quantitative estimate of drug-likeness (QED) is 0.458. The molecule has 4 rings (SSSR count). The molecule has 4 aromatic rings. The number of hydrogen-bond acceptors (Lipinski definition) is 6. The molecule has 0 aliphatic heterocycles. The number of hydrogen-bond donors (Lipinski definition) is 3. The van der Waals surface area contributed by atoms with Crippen molar-refractivity contribution in [2.45, 2.75) is 13.5 Å². The normalized spacial score (nSPS) is 11.0. The number of carboxylic acids is 1. The Labute approximate surface area is 166 Å². The van der Waals surface area contributed by atoms with Crippen molar-refractivity contribution < 1.29 is 14.6 Å². The molecular weight excluding hydrogens is 370 g/mol. The van der Waals surface area contributed by atoms with Crippen LogP contribution in [0.3, 0.4) is 0 Å². The van der Waals surface area contributed by atoms with Gasteiger partial charge in [-0.3, -0.25) is 4.98 Å². The summed E-state index contributed by atoms with van der Waals surface area (Å²) in [5, 5.41) is 13.2. The van der Waals surface area contributed by atoms with E-state index in [2.05, 4.69) is 25.3 Å². The maximum atomic E-state index is 11.2. The van der Waals surface area contributed by atoms with Gasteiger partial charge in [-0.1, -0.05) is 0 Å². The monoisotopic (exact) mass is 389 g/mol.